The highest BCUT2D eigenvalue weighted by Gasteiger charge is 2.20. The van der Waals surface area contributed by atoms with Crippen LogP contribution < -0.4 is 5.32 Å². The number of likely N-dealkylation sites (N-methyl/N-ethyl adjacent to an activating group) is 1. The Morgan fingerprint density at radius 2 is 1.96 bits per heavy atom. The van der Waals surface area contributed by atoms with Crippen LogP contribution >= 0.6 is 11.3 Å². The van der Waals surface area contributed by atoms with E-state index in [9.17, 15) is 9.59 Å². The topological polar surface area (TPSA) is 62.3 Å². The van der Waals surface area contributed by atoms with E-state index in [2.05, 4.69) is 10.3 Å². The summed E-state index contributed by atoms with van der Waals surface area (Å²) in [7, 11) is 0. The van der Waals surface area contributed by atoms with Crippen molar-refractivity contribution in [1.82, 2.24) is 15.2 Å². The first kappa shape index (κ1) is 17.1. The highest BCUT2D eigenvalue weighted by Crippen LogP contribution is 2.23. The maximum absolute atomic E-state index is 12.5. The van der Waals surface area contributed by atoms with E-state index >= 15 is 0 Å². The number of thiazole rings is 1. The van der Waals surface area contributed by atoms with Crippen molar-refractivity contribution in [2.75, 3.05) is 13.1 Å². The zero-order valence-electron chi connectivity index (χ0n) is 13.6. The fraction of sp³-hybridized carbons (Fsp3) is 0.353. The Kier molecular flexibility index (Phi) is 5.87. The highest BCUT2D eigenvalue weighted by molar-refractivity contribution is 7.13. The van der Waals surface area contributed by atoms with Crippen molar-refractivity contribution in [1.29, 1.82) is 0 Å². The molecule has 0 radical (unpaired) electrons. The summed E-state index contributed by atoms with van der Waals surface area (Å²) in [5.74, 6) is -0.376. The lowest BCUT2D eigenvalue weighted by molar-refractivity contribution is -0.122. The van der Waals surface area contributed by atoms with E-state index in [-0.39, 0.29) is 24.4 Å². The quantitative estimate of drug-likeness (QED) is 0.885. The Morgan fingerprint density at radius 3 is 2.57 bits per heavy atom. The van der Waals surface area contributed by atoms with Crippen LogP contribution in [0.15, 0.2) is 35.7 Å². The van der Waals surface area contributed by atoms with Crippen molar-refractivity contribution in [2.24, 2.45) is 0 Å². The number of benzene rings is 1. The molecular formula is C17H21N3O2S. The summed E-state index contributed by atoms with van der Waals surface area (Å²) < 4.78 is 0. The molecule has 0 saturated heterocycles. The molecule has 0 fully saturated rings. The lowest BCUT2D eigenvalue weighted by atomic mass is 10.2. The van der Waals surface area contributed by atoms with Gasteiger partial charge in [-0.15, -0.1) is 11.3 Å². The molecule has 0 unspecified atom stereocenters. The molecule has 2 aromatic rings. The van der Waals surface area contributed by atoms with Crippen LogP contribution in [0.3, 0.4) is 0 Å². The Morgan fingerprint density at radius 1 is 1.26 bits per heavy atom. The first-order chi connectivity index (χ1) is 11.0. The minimum absolute atomic E-state index is 0.0473. The molecule has 0 saturated carbocycles. The largest absolute Gasteiger partial charge is 0.352 e. The number of carbonyl (C=O) groups excluding carboxylic acids is 2. The zero-order valence-corrected chi connectivity index (χ0v) is 14.4. The van der Waals surface area contributed by atoms with Crippen LogP contribution in [0.2, 0.25) is 0 Å². The van der Waals surface area contributed by atoms with Gasteiger partial charge in [0.05, 0.1) is 6.54 Å². The van der Waals surface area contributed by atoms with Gasteiger partial charge in [0.25, 0.3) is 5.91 Å². The van der Waals surface area contributed by atoms with Gasteiger partial charge in [-0.3, -0.25) is 9.59 Å². The second-order valence-corrected chi connectivity index (χ2v) is 6.30. The van der Waals surface area contributed by atoms with E-state index in [4.69, 9.17) is 0 Å². The maximum atomic E-state index is 12.5. The molecule has 0 bridgehead atoms. The SMILES string of the molecule is CCN(CC(=O)NC(C)C)C(=O)c1csc(-c2ccccc2)n1. The van der Waals surface area contributed by atoms with Gasteiger partial charge in [0.15, 0.2) is 0 Å². The molecule has 0 spiro atoms. The van der Waals surface area contributed by atoms with Gasteiger partial charge in [-0.2, -0.15) is 0 Å². The maximum Gasteiger partial charge on any atom is 0.273 e. The molecule has 23 heavy (non-hydrogen) atoms. The predicted octanol–water partition coefficient (Wildman–Crippen LogP) is 2.80. The number of nitrogens with zero attached hydrogens (tertiary/aromatic N) is 2. The fourth-order valence-electron chi connectivity index (χ4n) is 2.12. The number of hydrogen-bond donors (Lipinski definition) is 1. The predicted molar refractivity (Wildman–Crippen MR) is 92.4 cm³/mol. The van der Waals surface area contributed by atoms with Crippen molar-refractivity contribution in [3.05, 3.63) is 41.4 Å². The average molecular weight is 331 g/mol. The number of nitrogens with one attached hydrogen (secondary N) is 1. The summed E-state index contributed by atoms with van der Waals surface area (Å²) in [6.45, 7) is 6.14. The molecule has 1 N–H and O–H groups in total. The van der Waals surface area contributed by atoms with Gasteiger partial charge >= 0.3 is 0 Å². The molecule has 2 rings (SSSR count). The number of rotatable bonds is 6. The Bertz CT molecular complexity index is 667. The van der Waals surface area contributed by atoms with Gasteiger partial charge in [0.1, 0.15) is 10.7 Å². The first-order valence-corrected chi connectivity index (χ1v) is 8.48. The molecule has 5 nitrogen and oxygen atoms in total. The molecule has 6 heteroatoms. The molecule has 1 aromatic carbocycles. The van der Waals surface area contributed by atoms with Crippen molar-refractivity contribution < 1.29 is 9.59 Å². The van der Waals surface area contributed by atoms with Crippen molar-refractivity contribution >= 4 is 23.2 Å². The third kappa shape index (κ3) is 4.63. The molecule has 1 heterocycles. The lowest BCUT2D eigenvalue weighted by Gasteiger charge is -2.20. The number of carbonyl (C=O) groups is 2. The molecule has 0 atom stereocenters. The summed E-state index contributed by atoms with van der Waals surface area (Å²) in [4.78, 5) is 30.3. The zero-order chi connectivity index (χ0) is 16.8. The van der Waals surface area contributed by atoms with Crippen LogP contribution in [0.5, 0.6) is 0 Å². The van der Waals surface area contributed by atoms with Crippen molar-refractivity contribution in [2.45, 2.75) is 26.8 Å². The summed E-state index contributed by atoms with van der Waals surface area (Å²) >= 11 is 1.43. The van der Waals surface area contributed by atoms with E-state index in [0.29, 0.717) is 12.2 Å². The Hall–Kier alpha value is -2.21. The Balaban J connectivity index is 2.09. The van der Waals surface area contributed by atoms with Crippen LogP contribution in [0.1, 0.15) is 31.3 Å². The molecule has 122 valence electrons. The van der Waals surface area contributed by atoms with E-state index in [1.54, 1.807) is 5.38 Å². The third-order valence-electron chi connectivity index (χ3n) is 3.20. The molecule has 0 aliphatic heterocycles. The van der Waals surface area contributed by atoms with Gasteiger partial charge in [-0.25, -0.2) is 4.98 Å². The highest BCUT2D eigenvalue weighted by atomic mass is 32.1. The fourth-order valence-corrected chi connectivity index (χ4v) is 2.92. The summed E-state index contributed by atoms with van der Waals surface area (Å²) in [5, 5.41) is 5.34. The van der Waals surface area contributed by atoms with E-state index in [1.165, 1.54) is 16.2 Å². The van der Waals surface area contributed by atoms with Crippen LogP contribution in [-0.4, -0.2) is 40.8 Å². The van der Waals surface area contributed by atoms with Gasteiger partial charge in [-0.1, -0.05) is 30.3 Å². The first-order valence-electron chi connectivity index (χ1n) is 7.60. The molecule has 2 amide bonds. The van der Waals surface area contributed by atoms with Gasteiger partial charge < -0.3 is 10.2 Å². The van der Waals surface area contributed by atoms with Crippen molar-refractivity contribution in [3.8, 4) is 10.6 Å². The molecule has 1 aromatic heterocycles. The summed E-state index contributed by atoms with van der Waals surface area (Å²) in [6.07, 6.45) is 0. The van der Waals surface area contributed by atoms with Crippen molar-refractivity contribution in [3.63, 3.8) is 0 Å². The standard InChI is InChI=1S/C17H21N3O2S/c1-4-20(10-15(21)18-12(2)3)17(22)14-11-23-16(19-14)13-8-6-5-7-9-13/h5-9,11-12H,4,10H2,1-3H3,(H,18,21). The van der Waals surface area contributed by atoms with Gasteiger partial charge in [-0.05, 0) is 20.8 Å². The van der Waals surface area contributed by atoms with Crippen LogP contribution in [0.25, 0.3) is 10.6 Å². The van der Waals surface area contributed by atoms with Gasteiger partial charge in [0, 0.05) is 23.5 Å². The number of aromatic nitrogens is 1. The molecule has 0 aliphatic carbocycles. The number of hydrogen-bond acceptors (Lipinski definition) is 4. The normalized spacial score (nSPS) is 10.6. The van der Waals surface area contributed by atoms with Gasteiger partial charge in [0.2, 0.25) is 5.91 Å². The summed E-state index contributed by atoms with van der Waals surface area (Å²) in [6, 6.07) is 9.79. The Labute approximate surface area is 140 Å². The average Bonchev–Trinajstić information content (AvgIpc) is 3.02. The van der Waals surface area contributed by atoms with Crippen LogP contribution in [0.4, 0.5) is 0 Å². The second-order valence-electron chi connectivity index (χ2n) is 5.45. The lowest BCUT2D eigenvalue weighted by Crippen LogP contribution is -2.42. The van der Waals surface area contributed by atoms with E-state index in [0.717, 1.165) is 10.6 Å². The van der Waals surface area contributed by atoms with Crippen LogP contribution in [0, 0.1) is 0 Å². The number of amides is 2. The monoisotopic (exact) mass is 331 g/mol. The second kappa shape index (κ2) is 7.87. The van der Waals surface area contributed by atoms with Crippen LogP contribution in [-0.2, 0) is 4.79 Å². The third-order valence-corrected chi connectivity index (χ3v) is 4.09. The van der Waals surface area contributed by atoms with E-state index in [1.807, 2.05) is 51.1 Å². The summed E-state index contributed by atoms with van der Waals surface area (Å²) in [5.41, 5.74) is 1.37. The molecular weight excluding hydrogens is 310 g/mol. The minimum Gasteiger partial charge on any atom is -0.352 e. The minimum atomic E-state index is -0.218. The smallest absolute Gasteiger partial charge is 0.273 e. The molecule has 0 aliphatic rings. The van der Waals surface area contributed by atoms with E-state index < -0.39 is 0 Å².